The monoisotopic (exact) mass is 336 g/mol. The normalized spacial score (nSPS) is 11.0. The Morgan fingerprint density at radius 2 is 2.00 bits per heavy atom. The molecule has 22 heavy (non-hydrogen) atoms. The first-order valence-electron chi connectivity index (χ1n) is 6.37. The van der Waals surface area contributed by atoms with E-state index in [2.05, 4.69) is 0 Å². The van der Waals surface area contributed by atoms with Crippen LogP contribution in [0.3, 0.4) is 0 Å². The highest BCUT2D eigenvalue weighted by molar-refractivity contribution is 7.98. The quantitative estimate of drug-likeness (QED) is 0.561. The first-order chi connectivity index (χ1) is 10.5. The summed E-state index contributed by atoms with van der Waals surface area (Å²) in [5.74, 6) is -0.0869. The molecule has 1 heterocycles. The molecule has 112 valence electrons. The van der Waals surface area contributed by atoms with Crippen LogP contribution in [0.4, 0.5) is 4.39 Å². The Morgan fingerprint density at radius 1 is 1.23 bits per heavy atom. The van der Waals surface area contributed by atoms with Crippen molar-refractivity contribution in [3.05, 3.63) is 69.3 Å². The van der Waals surface area contributed by atoms with E-state index >= 15 is 0 Å². The highest BCUT2D eigenvalue weighted by Crippen LogP contribution is 2.33. The summed E-state index contributed by atoms with van der Waals surface area (Å²) in [6.07, 6.45) is 0. The molecule has 0 aliphatic rings. The van der Waals surface area contributed by atoms with E-state index in [1.807, 2.05) is 0 Å². The molecule has 0 radical (unpaired) electrons. The van der Waals surface area contributed by atoms with Crippen molar-refractivity contribution in [1.82, 2.24) is 0 Å². The molecule has 0 spiro atoms. The van der Waals surface area contributed by atoms with E-state index in [9.17, 15) is 14.3 Å². The minimum absolute atomic E-state index is 0.156. The third kappa shape index (κ3) is 2.96. The van der Waals surface area contributed by atoms with Gasteiger partial charge in [-0.3, -0.25) is 0 Å². The van der Waals surface area contributed by atoms with E-state index < -0.39 is 5.63 Å². The Morgan fingerprint density at radius 3 is 2.77 bits per heavy atom. The average Bonchev–Trinajstić information content (AvgIpc) is 2.48. The van der Waals surface area contributed by atoms with Gasteiger partial charge in [-0.05, 0) is 23.8 Å². The van der Waals surface area contributed by atoms with Gasteiger partial charge in [-0.2, -0.15) is 0 Å². The molecule has 0 saturated heterocycles. The Balaban J connectivity index is 2.01. The van der Waals surface area contributed by atoms with Crippen LogP contribution in [-0.2, 0) is 5.75 Å². The molecule has 0 unspecified atom stereocenters. The molecule has 0 aliphatic carbocycles. The van der Waals surface area contributed by atoms with Crippen molar-refractivity contribution in [3.8, 4) is 5.75 Å². The summed E-state index contributed by atoms with van der Waals surface area (Å²) in [4.78, 5) is 12.1. The molecule has 0 amide bonds. The van der Waals surface area contributed by atoms with Gasteiger partial charge in [0, 0.05) is 28.2 Å². The lowest BCUT2D eigenvalue weighted by molar-refractivity contribution is 0.473. The maximum absolute atomic E-state index is 13.6. The number of hydrogen-bond acceptors (Lipinski definition) is 4. The molecule has 3 nitrogen and oxygen atoms in total. The average molecular weight is 337 g/mol. The Kier molecular flexibility index (Phi) is 4.09. The van der Waals surface area contributed by atoms with Crippen LogP contribution in [0.2, 0.25) is 5.02 Å². The van der Waals surface area contributed by atoms with E-state index in [-0.39, 0.29) is 22.2 Å². The molecule has 3 rings (SSSR count). The number of halogens is 2. The Hall–Kier alpha value is -1.98. The number of rotatable bonds is 3. The highest BCUT2D eigenvalue weighted by atomic mass is 35.5. The SMILES string of the molecule is O=c1cc(CSc2ccccc2F)c2cc(Cl)c(O)cc2o1. The van der Waals surface area contributed by atoms with Crippen molar-refractivity contribution in [2.45, 2.75) is 10.6 Å². The van der Waals surface area contributed by atoms with Gasteiger partial charge in [0.2, 0.25) is 0 Å². The first kappa shape index (κ1) is 14.9. The minimum Gasteiger partial charge on any atom is -0.506 e. The number of phenolic OH excluding ortho intramolecular Hbond substituents is 1. The molecule has 1 aromatic heterocycles. The van der Waals surface area contributed by atoms with Crippen LogP contribution in [0.15, 0.2) is 56.6 Å². The first-order valence-corrected chi connectivity index (χ1v) is 7.73. The summed E-state index contributed by atoms with van der Waals surface area (Å²) in [5.41, 5.74) is 0.387. The molecule has 0 atom stereocenters. The second kappa shape index (κ2) is 6.02. The molecule has 1 N–H and O–H groups in total. The van der Waals surface area contributed by atoms with Crippen LogP contribution in [0.25, 0.3) is 11.0 Å². The smallest absolute Gasteiger partial charge is 0.336 e. The van der Waals surface area contributed by atoms with Crippen LogP contribution in [0.5, 0.6) is 5.75 Å². The molecule has 6 heteroatoms. The summed E-state index contributed by atoms with van der Waals surface area (Å²) in [7, 11) is 0. The molecule has 0 bridgehead atoms. The molecule has 2 aromatic carbocycles. The van der Waals surface area contributed by atoms with Crippen molar-refractivity contribution < 1.29 is 13.9 Å². The van der Waals surface area contributed by atoms with Crippen LogP contribution in [-0.4, -0.2) is 5.11 Å². The summed E-state index contributed by atoms with van der Waals surface area (Å²) < 4.78 is 18.7. The van der Waals surface area contributed by atoms with Crippen molar-refractivity contribution in [1.29, 1.82) is 0 Å². The van der Waals surface area contributed by atoms with Crippen LogP contribution in [0.1, 0.15) is 5.56 Å². The Bertz CT molecular complexity index is 908. The van der Waals surface area contributed by atoms with E-state index in [1.165, 1.54) is 36.0 Å². The third-order valence-electron chi connectivity index (χ3n) is 3.12. The summed E-state index contributed by atoms with van der Waals surface area (Å²) in [6, 6.07) is 10.6. The maximum Gasteiger partial charge on any atom is 0.336 e. The number of fused-ring (bicyclic) bond motifs is 1. The number of aromatic hydroxyl groups is 1. The van der Waals surface area contributed by atoms with Gasteiger partial charge in [0.05, 0.1) is 5.02 Å². The van der Waals surface area contributed by atoms with Crippen molar-refractivity contribution in [2.24, 2.45) is 0 Å². The molecule has 0 fully saturated rings. The van der Waals surface area contributed by atoms with Gasteiger partial charge in [0.1, 0.15) is 17.1 Å². The van der Waals surface area contributed by atoms with Crippen molar-refractivity contribution >= 4 is 34.3 Å². The third-order valence-corrected chi connectivity index (χ3v) is 4.52. The molecular formula is C16H10ClFO3S. The molecule has 3 aromatic rings. The number of benzene rings is 2. The zero-order chi connectivity index (χ0) is 15.7. The maximum atomic E-state index is 13.6. The second-order valence-corrected chi connectivity index (χ2v) is 6.03. The zero-order valence-electron chi connectivity index (χ0n) is 11.2. The summed E-state index contributed by atoms with van der Waals surface area (Å²) in [6.45, 7) is 0. The zero-order valence-corrected chi connectivity index (χ0v) is 12.7. The largest absolute Gasteiger partial charge is 0.506 e. The van der Waals surface area contributed by atoms with Gasteiger partial charge >= 0.3 is 5.63 Å². The highest BCUT2D eigenvalue weighted by Gasteiger charge is 2.11. The van der Waals surface area contributed by atoms with Crippen LogP contribution < -0.4 is 5.63 Å². The van der Waals surface area contributed by atoms with E-state index in [1.54, 1.807) is 18.2 Å². The second-order valence-electron chi connectivity index (χ2n) is 4.61. The van der Waals surface area contributed by atoms with Gasteiger partial charge < -0.3 is 9.52 Å². The van der Waals surface area contributed by atoms with Gasteiger partial charge in [-0.15, -0.1) is 11.8 Å². The van der Waals surface area contributed by atoms with Crippen LogP contribution in [0, 0.1) is 5.82 Å². The predicted molar refractivity (Wildman–Crippen MR) is 85.1 cm³/mol. The topological polar surface area (TPSA) is 50.4 Å². The number of phenols is 1. The lowest BCUT2D eigenvalue weighted by Gasteiger charge is -2.07. The van der Waals surface area contributed by atoms with E-state index in [0.717, 1.165) is 0 Å². The fourth-order valence-corrected chi connectivity index (χ4v) is 3.17. The van der Waals surface area contributed by atoms with Gasteiger partial charge in [-0.25, -0.2) is 9.18 Å². The van der Waals surface area contributed by atoms with Gasteiger partial charge in [-0.1, -0.05) is 23.7 Å². The minimum atomic E-state index is -0.529. The van der Waals surface area contributed by atoms with E-state index in [0.29, 0.717) is 21.6 Å². The summed E-state index contributed by atoms with van der Waals surface area (Å²) >= 11 is 7.18. The molecule has 0 aliphatic heterocycles. The number of hydrogen-bond donors (Lipinski definition) is 1. The van der Waals surface area contributed by atoms with Crippen molar-refractivity contribution in [3.63, 3.8) is 0 Å². The summed E-state index contributed by atoms with van der Waals surface area (Å²) in [5, 5.41) is 10.4. The van der Waals surface area contributed by atoms with Gasteiger partial charge in [0.25, 0.3) is 0 Å². The fraction of sp³-hybridized carbons (Fsp3) is 0.0625. The predicted octanol–water partition coefficient (Wildman–Crippen LogP) is 4.58. The van der Waals surface area contributed by atoms with Crippen molar-refractivity contribution in [2.75, 3.05) is 0 Å². The molecular weight excluding hydrogens is 327 g/mol. The fourth-order valence-electron chi connectivity index (χ4n) is 2.07. The molecule has 0 saturated carbocycles. The Labute approximate surface area is 134 Å². The van der Waals surface area contributed by atoms with Gasteiger partial charge in [0.15, 0.2) is 0 Å². The van der Waals surface area contributed by atoms with E-state index in [4.69, 9.17) is 16.0 Å². The van der Waals surface area contributed by atoms with Crippen LogP contribution >= 0.6 is 23.4 Å². The standard InChI is InChI=1S/C16H10ClFO3S/c17-11-6-10-9(5-16(20)21-14(10)7-13(11)19)8-22-15-4-2-1-3-12(15)18/h1-7,19H,8H2. The lowest BCUT2D eigenvalue weighted by Crippen LogP contribution is -2.00. The lowest BCUT2D eigenvalue weighted by atomic mass is 10.1. The number of thioether (sulfide) groups is 1.